The number of amides is 1. The molecule has 0 aliphatic carbocycles. The highest BCUT2D eigenvalue weighted by molar-refractivity contribution is 8.26. The number of thioether (sulfide) groups is 1. The second-order valence-electron chi connectivity index (χ2n) is 7.56. The van der Waals surface area contributed by atoms with Crippen LogP contribution < -0.4 is 9.47 Å². The Morgan fingerprint density at radius 1 is 0.971 bits per heavy atom. The summed E-state index contributed by atoms with van der Waals surface area (Å²) in [4.78, 5) is 16.5. The van der Waals surface area contributed by atoms with E-state index in [0.717, 1.165) is 22.8 Å². The van der Waals surface area contributed by atoms with E-state index in [4.69, 9.17) is 19.6 Å². The van der Waals surface area contributed by atoms with Crippen LogP contribution >= 0.6 is 11.8 Å². The summed E-state index contributed by atoms with van der Waals surface area (Å²) >= 11 is 1.33. The van der Waals surface area contributed by atoms with Crippen molar-refractivity contribution >= 4 is 39.8 Å². The lowest BCUT2D eigenvalue weighted by Gasteiger charge is -2.20. The topological polar surface area (TPSA) is 96.6 Å². The normalized spacial score (nSPS) is 16.4. The molecule has 4 rings (SSSR count). The number of carbonyl (C=O) groups excluding carboxylic acids is 1. The van der Waals surface area contributed by atoms with E-state index in [2.05, 4.69) is 10.1 Å². The Balaban J connectivity index is 1.21. The van der Waals surface area contributed by atoms with E-state index in [1.807, 2.05) is 62.4 Å². The molecule has 0 unspecified atom stereocenters. The zero-order valence-electron chi connectivity index (χ0n) is 19.1. The fourth-order valence-corrected chi connectivity index (χ4v) is 4.00. The first kappa shape index (κ1) is 23.7. The largest absolute Gasteiger partial charge is 0.491 e. The van der Waals surface area contributed by atoms with Crippen LogP contribution in [0.2, 0.25) is 0 Å². The van der Waals surface area contributed by atoms with Gasteiger partial charge < -0.3 is 14.2 Å². The molecule has 34 heavy (non-hydrogen) atoms. The molecule has 0 atom stereocenters. The molecular formula is C25H26N4O4S. The quantitative estimate of drug-likeness (QED) is 0.399. The third-order valence-corrected chi connectivity index (χ3v) is 6.06. The van der Waals surface area contributed by atoms with Crippen LogP contribution in [0, 0.1) is 12.3 Å². The average molecular weight is 479 g/mol. The van der Waals surface area contributed by atoms with Gasteiger partial charge in [0.15, 0.2) is 5.84 Å². The maximum absolute atomic E-state index is 12.4. The number of nitrogens with one attached hydrogen (secondary N) is 1. The summed E-state index contributed by atoms with van der Waals surface area (Å²) in [5.41, 5.74) is 2.18. The van der Waals surface area contributed by atoms with E-state index < -0.39 is 5.91 Å². The molecule has 0 saturated carbocycles. The Hall–Kier alpha value is -3.43. The van der Waals surface area contributed by atoms with Crippen molar-refractivity contribution in [3.05, 3.63) is 65.2 Å². The van der Waals surface area contributed by atoms with Gasteiger partial charge in [-0.15, -0.1) is 0 Å². The fourth-order valence-electron chi connectivity index (χ4n) is 3.17. The molecule has 176 valence electrons. The average Bonchev–Trinajstić information content (AvgIpc) is 3.26. The Labute approximate surface area is 202 Å². The van der Waals surface area contributed by atoms with Crippen molar-refractivity contribution in [2.45, 2.75) is 20.3 Å². The molecule has 2 heterocycles. The number of ether oxygens (including phenoxy) is 3. The Morgan fingerprint density at radius 2 is 1.59 bits per heavy atom. The van der Waals surface area contributed by atoms with Gasteiger partial charge in [-0.3, -0.25) is 10.2 Å². The summed E-state index contributed by atoms with van der Waals surface area (Å²) in [6.45, 7) is 5.83. The molecule has 0 bridgehead atoms. The molecule has 0 spiro atoms. The SMILES string of the molecule is CCC1=NN2C(=N)/C(=C/c3ccc(OCCOCCOc4ccc(C)cc4)cc3)C(=O)N=C2S1. The Bertz CT molecular complexity index is 1140. The maximum Gasteiger partial charge on any atom is 0.283 e. The third kappa shape index (κ3) is 5.92. The molecule has 9 heteroatoms. The molecule has 2 aromatic carbocycles. The highest BCUT2D eigenvalue weighted by atomic mass is 32.2. The summed E-state index contributed by atoms with van der Waals surface area (Å²) in [7, 11) is 0. The first-order chi connectivity index (χ1) is 16.5. The van der Waals surface area contributed by atoms with Crippen molar-refractivity contribution in [1.82, 2.24) is 5.01 Å². The number of benzene rings is 2. The Kier molecular flexibility index (Phi) is 7.76. The third-order valence-electron chi connectivity index (χ3n) is 5.00. The summed E-state index contributed by atoms with van der Waals surface area (Å²) in [5, 5.41) is 15.4. The molecule has 2 aliphatic heterocycles. The van der Waals surface area contributed by atoms with Crippen LogP contribution in [-0.2, 0) is 9.53 Å². The van der Waals surface area contributed by atoms with E-state index in [1.165, 1.54) is 22.3 Å². The van der Waals surface area contributed by atoms with Crippen LogP contribution in [0.25, 0.3) is 6.08 Å². The van der Waals surface area contributed by atoms with Gasteiger partial charge in [-0.2, -0.15) is 15.1 Å². The van der Waals surface area contributed by atoms with Gasteiger partial charge >= 0.3 is 0 Å². The van der Waals surface area contributed by atoms with Crippen molar-refractivity contribution in [3.8, 4) is 11.5 Å². The van der Waals surface area contributed by atoms with Crippen molar-refractivity contribution in [1.29, 1.82) is 5.41 Å². The smallest absolute Gasteiger partial charge is 0.283 e. The van der Waals surface area contributed by atoms with Gasteiger partial charge in [0, 0.05) is 0 Å². The molecule has 1 N–H and O–H groups in total. The van der Waals surface area contributed by atoms with Gasteiger partial charge in [-0.25, -0.2) is 0 Å². The maximum atomic E-state index is 12.4. The van der Waals surface area contributed by atoms with Gasteiger partial charge in [0.2, 0.25) is 5.17 Å². The lowest BCUT2D eigenvalue weighted by atomic mass is 10.1. The van der Waals surface area contributed by atoms with Gasteiger partial charge in [0.05, 0.1) is 18.8 Å². The molecule has 0 fully saturated rings. The number of amidine groups is 2. The molecule has 0 saturated heterocycles. The fraction of sp³-hybridized carbons (Fsp3) is 0.280. The van der Waals surface area contributed by atoms with Gasteiger partial charge in [-0.1, -0.05) is 36.8 Å². The van der Waals surface area contributed by atoms with Gasteiger partial charge in [0.1, 0.15) is 29.8 Å². The van der Waals surface area contributed by atoms with Crippen LogP contribution in [-0.4, -0.2) is 53.4 Å². The molecule has 1 amide bonds. The zero-order valence-corrected chi connectivity index (χ0v) is 19.9. The van der Waals surface area contributed by atoms with Crippen LogP contribution in [0.3, 0.4) is 0 Å². The Morgan fingerprint density at radius 3 is 2.21 bits per heavy atom. The second kappa shape index (κ2) is 11.1. The minimum Gasteiger partial charge on any atom is -0.491 e. The molecule has 0 radical (unpaired) electrons. The van der Waals surface area contributed by atoms with Crippen molar-refractivity contribution < 1.29 is 19.0 Å². The molecular weight excluding hydrogens is 452 g/mol. The molecule has 0 aromatic heterocycles. The number of rotatable bonds is 10. The van der Waals surface area contributed by atoms with E-state index in [0.29, 0.717) is 37.3 Å². The summed E-state index contributed by atoms with van der Waals surface area (Å²) < 4.78 is 16.9. The van der Waals surface area contributed by atoms with Crippen LogP contribution in [0.4, 0.5) is 0 Å². The monoisotopic (exact) mass is 478 g/mol. The number of hydrogen-bond acceptors (Lipinski definition) is 7. The van der Waals surface area contributed by atoms with Gasteiger partial charge in [-0.05, 0) is 61.0 Å². The zero-order chi connectivity index (χ0) is 23.9. The summed E-state index contributed by atoms with van der Waals surface area (Å²) in [6, 6.07) is 15.2. The van der Waals surface area contributed by atoms with Crippen molar-refractivity contribution in [3.63, 3.8) is 0 Å². The van der Waals surface area contributed by atoms with E-state index >= 15 is 0 Å². The predicted octanol–water partition coefficient (Wildman–Crippen LogP) is 4.50. The highest BCUT2D eigenvalue weighted by Crippen LogP contribution is 2.29. The number of aliphatic imine (C=N–C) groups is 1. The van der Waals surface area contributed by atoms with Crippen molar-refractivity contribution in [2.24, 2.45) is 10.1 Å². The van der Waals surface area contributed by atoms with Gasteiger partial charge in [0.25, 0.3) is 5.91 Å². The number of hydrazone groups is 1. The second-order valence-corrected chi connectivity index (χ2v) is 8.60. The van der Waals surface area contributed by atoms with Crippen molar-refractivity contribution in [2.75, 3.05) is 26.4 Å². The van der Waals surface area contributed by atoms with Crippen LogP contribution in [0.5, 0.6) is 11.5 Å². The minimum atomic E-state index is -0.430. The number of nitrogens with zero attached hydrogens (tertiary/aromatic N) is 3. The van der Waals surface area contributed by atoms with E-state index in [1.54, 1.807) is 6.08 Å². The summed E-state index contributed by atoms with van der Waals surface area (Å²) in [6.07, 6.45) is 2.38. The first-order valence-corrected chi connectivity index (χ1v) is 11.8. The lowest BCUT2D eigenvalue weighted by molar-refractivity contribution is -0.114. The minimum absolute atomic E-state index is 0.0368. The number of fused-ring (bicyclic) bond motifs is 1. The molecule has 8 nitrogen and oxygen atoms in total. The van der Waals surface area contributed by atoms with Crippen LogP contribution in [0.15, 0.2) is 64.2 Å². The number of hydrogen-bond donors (Lipinski definition) is 1. The standard InChI is InChI=1S/C25H26N4O4S/c1-3-22-28-29-23(26)21(24(30)27-25(29)34-22)16-18-6-10-20(11-7-18)33-15-13-31-12-14-32-19-8-4-17(2)5-9-19/h4-11,16,26H,3,12-15H2,1-2H3/b21-16-,26-23?. The predicted molar refractivity (Wildman–Crippen MR) is 135 cm³/mol. The van der Waals surface area contributed by atoms with E-state index in [9.17, 15) is 4.79 Å². The number of carbonyl (C=O) groups is 1. The molecule has 2 aliphatic rings. The number of aryl methyl sites for hydroxylation is 1. The lowest BCUT2D eigenvalue weighted by Crippen LogP contribution is -2.35. The van der Waals surface area contributed by atoms with E-state index in [-0.39, 0.29) is 11.4 Å². The first-order valence-electron chi connectivity index (χ1n) is 11.0. The molecule has 2 aromatic rings. The van der Waals surface area contributed by atoms with Crippen LogP contribution in [0.1, 0.15) is 24.5 Å². The summed E-state index contributed by atoms with van der Waals surface area (Å²) in [5.74, 6) is 1.13. The highest BCUT2D eigenvalue weighted by Gasteiger charge is 2.34.